The maximum absolute atomic E-state index is 12.6. The molecule has 0 fully saturated rings. The van der Waals surface area contributed by atoms with E-state index in [0.717, 1.165) is 13.0 Å². The smallest absolute Gasteiger partial charge is 0.243 e. The Bertz CT molecular complexity index is 864. The van der Waals surface area contributed by atoms with Gasteiger partial charge in [-0.1, -0.05) is 27.7 Å². The number of sulfonamides is 1. The summed E-state index contributed by atoms with van der Waals surface area (Å²) in [5.74, 6) is 1.64. The Morgan fingerprint density at radius 1 is 1.07 bits per heavy atom. The minimum Gasteiger partial charge on any atom is -0.393 e. The van der Waals surface area contributed by atoms with Crippen LogP contribution < -0.4 is 16.4 Å². The highest BCUT2D eigenvalue weighted by atomic mass is 32.2. The third kappa shape index (κ3) is 5.32. The second-order valence-electron chi connectivity index (χ2n) is 6.83. The normalized spacial score (nSPS) is 11.8. The van der Waals surface area contributed by atoms with Gasteiger partial charge in [0.25, 0.3) is 0 Å². The Kier molecular flexibility index (Phi) is 7.59. The monoisotopic (exact) mass is 406 g/mol. The molecule has 1 heterocycles. The SMILES string of the molecule is CCN(CC)S(=O)(=O)c1ccc(Nc2ncnc(NCCC(C)C)c2N)cc1. The Balaban J connectivity index is 2.14. The number of nitrogens with zero attached hydrogens (tertiary/aromatic N) is 3. The molecule has 1 aromatic heterocycles. The maximum Gasteiger partial charge on any atom is 0.243 e. The predicted octanol–water partition coefficient (Wildman–Crippen LogP) is 3.29. The molecule has 28 heavy (non-hydrogen) atoms. The molecular weight excluding hydrogens is 376 g/mol. The van der Waals surface area contributed by atoms with Crippen molar-refractivity contribution in [2.45, 2.75) is 39.0 Å². The summed E-state index contributed by atoms with van der Waals surface area (Å²) in [6, 6.07) is 6.55. The first-order chi connectivity index (χ1) is 13.3. The molecule has 8 nitrogen and oxygen atoms in total. The zero-order chi connectivity index (χ0) is 20.7. The van der Waals surface area contributed by atoms with E-state index >= 15 is 0 Å². The summed E-state index contributed by atoms with van der Waals surface area (Å²) in [6.07, 6.45) is 2.45. The topological polar surface area (TPSA) is 113 Å². The molecule has 0 bridgehead atoms. The van der Waals surface area contributed by atoms with Crippen molar-refractivity contribution in [1.29, 1.82) is 0 Å². The van der Waals surface area contributed by atoms with E-state index in [0.29, 0.717) is 42.0 Å². The van der Waals surface area contributed by atoms with Crippen molar-refractivity contribution < 1.29 is 8.42 Å². The Labute approximate surface area is 167 Å². The lowest BCUT2D eigenvalue weighted by Crippen LogP contribution is -2.30. The van der Waals surface area contributed by atoms with Gasteiger partial charge in [0.05, 0.1) is 4.90 Å². The van der Waals surface area contributed by atoms with Crippen molar-refractivity contribution in [3.05, 3.63) is 30.6 Å². The number of nitrogens with one attached hydrogen (secondary N) is 2. The number of anilines is 4. The number of nitrogen functional groups attached to an aromatic ring is 1. The Morgan fingerprint density at radius 3 is 2.25 bits per heavy atom. The van der Waals surface area contributed by atoms with Crippen LogP contribution in [0, 0.1) is 5.92 Å². The van der Waals surface area contributed by atoms with E-state index in [1.54, 1.807) is 24.3 Å². The van der Waals surface area contributed by atoms with E-state index in [-0.39, 0.29) is 4.90 Å². The van der Waals surface area contributed by atoms with E-state index in [4.69, 9.17) is 5.73 Å². The van der Waals surface area contributed by atoms with Gasteiger partial charge >= 0.3 is 0 Å². The fraction of sp³-hybridized carbons (Fsp3) is 0.474. The van der Waals surface area contributed by atoms with Crippen LogP contribution in [0.2, 0.25) is 0 Å². The molecule has 0 aliphatic rings. The van der Waals surface area contributed by atoms with Gasteiger partial charge in [0.2, 0.25) is 10.0 Å². The van der Waals surface area contributed by atoms with Crippen LogP contribution in [0.4, 0.5) is 23.0 Å². The summed E-state index contributed by atoms with van der Waals surface area (Å²) in [5, 5.41) is 6.35. The number of rotatable bonds is 10. The molecule has 0 aliphatic heterocycles. The number of hydrogen-bond donors (Lipinski definition) is 3. The van der Waals surface area contributed by atoms with Crippen LogP contribution in [0.1, 0.15) is 34.1 Å². The average molecular weight is 407 g/mol. The van der Waals surface area contributed by atoms with E-state index in [9.17, 15) is 8.42 Å². The molecule has 0 spiro atoms. The van der Waals surface area contributed by atoms with Gasteiger partial charge in [0, 0.05) is 25.3 Å². The first kappa shape index (κ1) is 21.9. The van der Waals surface area contributed by atoms with Gasteiger partial charge in [0.15, 0.2) is 11.6 Å². The second-order valence-corrected chi connectivity index (χ2v) is 8.77. The summed E-state index contributed by atoms with van der Waals surface area (Å²) >= 11 is 0. The molecule has 1 aromatic carbocycles. The lowest BCUT2D eigenvalue weighted by molar-refractivity contribution is 0.445. The summed E-state index contributed by atoms with van der Waals surface area (Å²) in [6.45, 7) is 9.59. The summed E-state index contributed by atoms with van der Waals surface area (Å²) in [5.41, 5.74) is 7.28. The molecule has 0 amide bonds. The highest BCUT2D eigenvalue weighted by Gasteiger charge is 2.21. The second kappa shape index (κ2) is 9.70. The molecule has 0 saturated heterocycles. The highest BCUT2D eigenvalue weighted by Crippen LogP contribution is 2.27. The van der Waals surface area contributed by atoms with Crippen LogP contribution in [0.3, 0.4) is 0 Å². The van der Waals surface area contributed by atoms with Crippen LogP contribution in [-0.4, -0.2) is 42.3 Å². The van der Waals surface area contributed by atoms with Crippen molar-refractivity contribution >= 4 is 33.0 Å². The van der Waals surface area contributed by atoms with E-state index in [1.165, 1.54) is 10.6 Å². The molecule has 9 heteroatoms. The van der Waals surface area contributed by atoms with Crippen LogP contribution in [-0.2, 0) is 10.0 Å². The van der Waals surface area contributed by atoms with Gasteiger partial charge in [-0.3, -0.25) is 0 Å². The van der Waals surface area contributed by atoms with Crippen LogP contribution in [0.25, 0.3) is 0 Å². The zero-order valence-corrected chi connectivity index (χ0v) is 17.8. The van der Waals surface area contributed by atoms with Crippen LogP contribution in [0.15, 0.2) is 35.5 Å². The van der Waals surface area contributed by atoms with Gasteiger partial charge in [-0.15, -0.1) is 0 Å². The Hall–Kier alpha value is -2.39. The first-order valence-electron chi connectivity index (χ1n) is 9.51. The Morgan fingerprint density at radius 2 is 1.68 bits per heavy atom. The zero-order valence-electron chi connectivity index (χ0n) is 16.9. The third-order valence-corrected chi connectivity index (χ3v) is 6.42. The molecular formula is C19H30N6O2S. The predicted molar refractivity (Wildman–Crippen MR) is 114 cm³/mol. The molecule has 0 aliphatic carbocycles. The van der Waals surface area contributed by atoms with Gasteiger partial charge in [0.1, 0.15) is 12.0 Å². The summed E-state index contributed by atoms with van der Waals surface area (Å²) < 4.78 is 26.6. The van der Waals surface area contributed by atoms with Gasteiger partial charge in [-0.05, 0) is 36.6 Å². The molecule has 0 saturated carbocycles. The third-order valence-electron chi connectivity index (χ3n) is 4.36. The quantitative estimate of drug-likeness (QED) is 0.555. The molecule has 2 rings (SSSR count). The lowest BCUT2D eigenvalue weighted by atomic mass is 10.1. The standard InChI is InChI=1S/C19H30N6O2S/c1-5-25(6-2)28(26,27)16-9-7-15(8-10-16)24-19-17(20)18(22-13-23-19)21-12-11-14(3)4/h7-10,13-14H,5-6,11-12,20H2,1-4H3,(H2,21,22,23,24). The summed E-state index contributed by atoms with van der Waals surface area (Å²) in [7, 11) is -3.48. The van der Waals surface area contributed by atoms with Crippen molar-refractivity contribution in [3.8, 4) is 0 Å². The van der Waals surface area contributed by atoms with E-state index in [1.807, 2.05) is 13.8 Å². The minimum absolute atomic E-state index is 0.258. The maximum atomic E-state index is 12.6. The molecule has 4 N–H and O–H groups in total. The number of hydrogen-bond acceptors (Lipinski definition) is 7. The molecule has 154 valence electrons. The van der Waals surface area contributed by atoms with Crippen molar-refractivity contribution in [3.63, 3.8) is 0 Å². The van der Waals surface area contributed by atoms with Crippen molar-refractivity contribution in [2.24, 2.45) is 5.92 Å². The highest BCUT2D eigenvalue weighted by molar-refractivity contribution is 7.89. The number of nitrogens with two attached hydrogens (primary N) is 1. The minimum atomic E-state index is -3.48. The van der Waals surface area contributed by atoms with Crippen LogP contribution >= 0.6 is 0 Å². The van der Waals surface area contributed by atoms with E-state index < -0.39 is 10.0 Å². The van der Waals surface area contributed by atoms with Crippen molar-refractivity contribution in [1.82, 2.24) is 14.3 Å². The number of benzene rings is 1. The summed E-state index contributed by atoms with van der Waals surface area (Å²) in [4.78, 5) is 8.64. The average Bonchev–Trinajstić information content (AvgIpc) is 2.65. The molecule has 0 atom stereocenters. The van der Waals surface area contributed by atoms with Gasteiger partial charge in [-0.2, -0.15) is 4.31 Å². The first-order valence-corrected chi connectivity index (χ1v) is 10.9. The van der Waals surface area contributed by atoms with E-state index in [2.05, 4.69) is 34.4 Å². The van der Waals surface area contributed by atoms with Crippen LogP contribution in [0.5, 0.6) is 0 Å². The fourth-order valence-electron chi connectivity index (χ4n) is 2.67. The molecule has 0 unspecified atom stereocenters. The fourth-order valence-corrected chi connectivity index (χ4v) is 4.13. The van der Waals surface area contributed by atoms with Gasteiger partial charge < -0.3 is 16.4 Å². The van der Waals surface area contributed by atoms with Crippen molar-refractivity contribution in [2.75, 3.05) is 36.0 Å². The van der Waals surface area contributed by atoms with Gasteiger partial charge in [-0.25, -0.2) is 18.4 Å². The number of aromatic nitrogens is 2. The molecule has 2 aromatic rings. The molecule has 0 radical (unpaired) electrons. The lowest BCUT2D eigenvalue weighted by Gasteiger charge is -2.18. The largest absolute Gasteiger partial charge is 0.393 e.